The molecule has 0 spiro atoms. The summed E-state index contributed by atoms with van der Waals surface area (Å²) in [6.45, 7) is 1.80. The van der Waals surface area contributed by atoms with E-state index in [2.05, 4.69) is 10.6 Å². The van der Waals surface area contributed by atoms with Crippen LogP contribution in [0.3, 0.4) is 0 Å². The predicted molar refractivity (Wildman–Crippen MR) is 85.3 cm³/mol. The number of amides is 2. The number of ether oxygens (including phenoxy) is 1. The van der Waals surface area contributed by atoms with Gasteiger partial charge in [0, 0.05) is 31.9 Å². The van der Waals surface area contributed by atoms with Gasteiger partial charge in [0.1, 0.15) is 6.42 Å². The van der Waals surface area contributed by atoms with Gasteiger partial charge in [0.25, 0.3) is 0 Å². The molecule has 0 aromatic heterocycles. The largest absolute Gasteiger partial charge is 0.381 e. The molecular formula is C17H21N3O3. The fraction of sp³-hybridized carbons (Fsp3) is 0.471. The van der Waals surface area contributed by atoms with Crippen molar-refractivity contribution in [1.82, 2.24) is 5.32 Å². The molecular weight excluding hydrogens is 294 g/mol. The number of nitriles is 1. The van der Waals surface area contributed by atoms with Crippen molar-refractivity contribution in [3.63, 3.8) is 0 Å². The minimum absolute atomic E-state index is 0.00238. The van der Waals surface area contributed by atoms with Crippen molar-refractivity contribution in [3.05, 3.63) is 29.8 Å². The molecule has 1 aromatic carbocycles. The van der Waals surface area contributed by atoms with E-state index in [1.165, 1.54) is 0 Å². The first kappa shape index (κ1) is 17.0. The lowest BCUT2D eigenvalue weighted by molar-refractivity contribution is -0.120. The van der Waals surface area contributed by atoms with Crippen LogP contribution in [0.25, 0.3) is 0 Å². The third-order valence-corrected chi connectivity index (χ3v) is 3.75. The lowest BCUT2D eigenvalue weighted by atomic mass is 9.96. The van der Waals surface area contributed by atoms with Gasteiger partial charge in [-0.25, -0.2) is 0 Å². The lowest BCUT2D eigenvalue weighted by Crippen LogP contribution is -2.23. The maximum absolute atomic E-state index is 12.1. The smallest absolute Gasteiger partial charge is 0.234 e. The van der Waals surface area contributed by atoms with E-state index in [0.29, 0.717) is 24.6 Å². The molecule has 2 rings (SSSR count). The number of hydrogen-bond donors (Lipinski definition) is 2. The molecule has 1 aliphatic heterocycles. The topological polar surface area (TPSA) is 91.2 Å². The van der Waals surface area contributed by atoms with Crippen molar-refractivity contribution in [3.8, 4) is 6.07 Å². The quantitative estimate of drug-likeness (QED) is 0.839. The van der Waals surface area contributed by atoms with Crippen molar-refractivity contribution >= 4 is 17.5 Å². The third kappa shape index (κ3) is 6.09. The fourth-order valence-electron chi connectivity index (χ4n) is 2.52. The van der Waals surface area contributed by atoms with Crippen LogP contribution in [-0.4, -0.2) is 25.0 Å². The van der Waals surface area contributed by atoms with Gasteiger partial charge in [-0.3, -0.25) is 9.59 Å². The number of benzene rings is 1. The number of anilines is 1. The second kappa shape index (κ2) is 8.91. The molecule has 1 saturated heterocycles. The van der Waals surface area contributed by atoms with E-state index in [1.54, 1.807) is 6.07 Å². The molecule has 0 bridgehead atoms. The number of nitrogens with zero attached hydrogens (tertiary/aromatic N) is 1. The van der Waals surface area contributed by atoms with Crippen molar-refractivity contribution < 1.29 is 14.3 Å². The molecule has 0 unspecified atom stereocenters. The van der Waals surface area contributed by atoms with E-state index in [9.17, 15) is 9.59 Å². The van der Waals surface area contributed by atoms with Crippen LogP contribution in [0.15, 0.2) is 24.3 Å². The molecule has 0 saturated carbocycles. The van der Waals surface area contributed by atoms with Gasteiger partial charge in [-0.15, -0.1) is 0 Å². The van der Waals surface area contributed by atoms with Gasteiger partial charge in [0.15, 0.2) is 0 Å². The molecule has 1 fully saturated rings. The van der Waals surface area contributed by atoms with Crippen molar-refractivity contribution in [1.29, 1.82) is 5.26 Å². The van der Waals surface area contributed by atoms with Crippen molar-refractivity contribution in [2.24, 2.45) is 5.92 Å². The van der Waals surface area contributed by atoms with Crippen LogP contribution in [0.1, 0.15) is 31.2 Å². The normalized spacial score (nSPS) is 14.7. The van der Waals surface area contributed by atoms with Gasteiger partial charge in [0.2, 0.25) is 11.8 Å². The van der Waals surface area contributed by atoms with Gasteiger partial charge in [-0.2, -0.15) is 5.26 Å². The van der Waals surface area contributed by atoms with E-state index < -0.39 is 0 Å². The molecule has 1 heterocycles. The second-order valence-corrected chi connectivity index (χ2v) is 5.62. The standard InChI is InChI=1S/C17H21N3O3/c18-7-4-16(21)19-12-14-2-1-3-15(10-14)20-17(22)11-13-5-8-23-9-6-13/h1-3,10,13H,4-6,8-9,11-12H2,(H,19,21)(H,20,22). The van der Waals surface area contributed by atoms with E-state index in [-0.39, 0.29) is 18.2 Å². The minimum Gasteiger partial charge on any atom is -0.381 e. The molecule has 2 amide bonds. The molecule has 6 heteroatoms. The average molecular weight is 315 g/mol. The Morgan fingerprint density at radius 2 is 2.04 bits per heavy atom. The van der Waals surface area contributed by atoms with Crippen LogP contribution in [0.4, 0.5) is 5.69 Å². The minimum atomic E-state index is -0.304. The van der Waals surface area contributed by atoms with E-state index in [0.717, 1.165) is 31.6 Å². The second-order valence-electron chi connectivity index (χ2n) is 5.62. The Balaban J connectivity index is 1.82. The molecule has 1 aromatic rings. The first-order chi connectivity index (χ1) is 11.2. The van der Waals surface area contributed by atoms with Crippen LogP contribution in [0.5, 0.6) is 0 Å². The Hall–Kier alpha value is -2.39. The molecule has 23 heavy (non-hydrogen) atoms. The van der Waals surface area contributed by atoms with Crippen molar-refractivity contribution in [2.75, 3.05) is 18.5 Å². The summed E-state index contributed by atoms with van der Waals surface area (Å²) >= 11 is 0. The predicted octanol–water partition coefficient (Wildman–Crippen LogP) is 1.97. The highest BCUT2D eigenvalue weighted by Crippen LogP contribution is 2.19. The van der Waals surface area contributed by atoms with Crippen LogP contribution in [-0.2, 0) is 20.9 Å². The monoisotopic (exact) mass is 315 g/mol. The van der Waals surface area contributed by atoms with Gasteiger partial charge >= 0.3 is 0 Å². The highest BCUT2D eigenvalue weighted by molar-refractivity contribution is 5.90. The summed E-state index contributed by atoms with van der Waals surface area (Å²) in [4.78, 5) is 23.4. The molecule has 122 valence electrons. The maximum Gasteiger partial charge on any atom is 0.234 e. The Labute approximate surface area is 135 Å². The van der Waals surface area contributed by atoms with Crippen LogP contribution >= 0.6 is 0 Å². The highest BCUT2D eigenvalue weighted by atomic mass is 16.5. The Bertz CT molecular complexity index is 589. The summed E-state index contributed by atoms with van der Waals surface area (Å²) in [6, 6.07) is 9.14. The van der Waals surface area contributed by atoms with E-state index in [4.69, 9.17) is 10.00 Å². The first-order valence-corrected chi connectivity index (χ1v) is 7.77. The Morgan fingerprint density at radius 1 is 1.26 bits per heavy atom. The summed E-state index contributed by atoms with van der Waals surface area (Å²) in [5.41, 5.74) is 1.59. The third-order valence-electron chi connectivity index (χ3n) is 3.75. The van der Waals surface area contributed by atoms with Crippen LogP contribution in [0.2, 0.25) is 0 Å². The summed E-state index contributed by atoms with van der Waals surface area (Å²) in [5, 5.41) is 14.0. The van der Waals surface area contributed by atoms with Gasteiger partial charge in [0.05, 0.1) is 6.07 Å². The SMILES string of the molecule is N#CCC(=O)NCc1cccc(NC(=O)CC2CCOCC2)c1. The Morgan fingerprint density at radius 3 is 2.78 bits per heavy atom. The number of carbonyl (C=O) groups is 2. The summed E-state index contributed by atoms with van der Waals surface area (Å²) < 4.78 is 5.29. The maximum atomic E-state index is 12.1. The van der Waals surface area contributed by atoms with E-state index >= 15 is 0 Å². The first-order valence-electron chi connectivity index (χ1n) is 7.77. The molecule has 1 aliphatic rings. The number of nitrogens with one attached hydrogen (secondary N) is 2. The zero-order chi connectivity index (χ0) is 16.5. The summed E-state index contributed by atoms with van der Waals surface area (Å²) in [6.07, 6.45) is 2.21. The summed E-state index contributed by atoms with van der Waals surface area (Å²) in [5.74, 6) is 0.0845. The lowest BCUT2D eigenvalue weighted by Gasteiger charge is -2.21. The molecule has 0 atom stereocenters. The van der Waals surface area contributed by atoms with Gasteiger partial charge in [-0.1, -0.05) is 12.1 Å². The Kier molecular flexibility index (Phi) is 6.57. The number of rotatable bonds is 6. The van der Waals surface area contributed by atoms with Gasteiger partial charge < -0.3 is 15.4 Å². The van der Waals surface area contributed by atoms with Crippen LogP contribution < -0.4 is 10.6 Å². The zero-order valence-electron chi connectivity index (χ0n) is 13.0. The van der Waals surface area contributed by atoms with Gasteiger partial charge in [-0.05, 0) is 36.5 Å². The molecule has 0 radical (unpaired) electrons. The average Bonchev–Trinajstić information content (AvgIpc) is 2.54. The number of hydrogen-bond acceptors (Lipinski definition) is 4. The van der Waals surface area contributed by atoms with E-state index in [1.807, 2.05) is 24.3 Å². The zero-order valence-corrected chi connectivity index (χ0v) is 13.0. The molecule has 2 N–H and O–H groups in total. The number of carbonyl (C=O) groups excluding carboxylic acids is 2. The molecule has 6 nitrogen and oxygen atoms in total. The van der Waals surface area contributed by atoms with Crippen LogP contribution in [0, 0.1) is 17.2 Å². The van der Waals surface area contributed by atoms with Crippen molar-refractivity contribution in [2.45, 2.75) is 32.2 Å². The summed E-state index contributed by atoms with van der Waals surface area (Å²) in [7, 11) is 0. The molecule has 0 aliphatic carbocycles. The highest BCUT2D eigenvalue weighted by Gasteiger charge is 2.17. The fourth-order valence-corrected chi connectivity index (χ4v) is 2.52.